The highest BCUT2D eigenvalue weighted by Crippen LogP contribution is 2.41. The molecule has 0 saturated heterocycles. The molecule has 2 aromatic rings. The summed E-state index contributed by atoms with van der Waals surface area (Å²) in [6.07, 6.45) is 2.85. The molecule has 1 amide bonds. The molecule has 1 unspecified atom stereocenters. The monoisotopic (exact) mass is 578 g/mol. The maximum Gasteiger partial charge on any atom is 0.276 e. The van der Waals surface area contributed by atoms with E-state index in [0.717, 1.165) is 50.1 Å². The molecule has 2 aliphatic heterocycles. The van der Waals surface area contributed by atoms with Crippen molar-refractivity contribution in [1.82, 2.24) is 10.3 Å². The molecule has 0 aliphatic carbocycles. The van der Waals surface area contributed by atoms with Gasteiger partial charge in [-0.25, -0.2) is 5.01 Å². The number of ether oxygens (including phenoxy) is 1. The summed E-state index contributed by atoms with van der Waals surface area (Å²) < 4.78 is 7.68. The Balaban J connectivity index is 1.85. The van der Waals surface area contributed by atoms with Crippen LogP contribution in [0.5, 0.6) is 5.75 Å². The molecule has 1 atom stereocenters. The molecule has 2 heterocycles. The van der Waals surface area contributed by atoms with Crippen LogP contribution in [-0.4, -0.2) is 28.4 Å². The van der Waals surface area contributed by atoms with E-state index in [1.165, 1.54) is 0 Å². The van der Waals surface area contributed by atoms with E-state index in [2.05, 4.69) is 44.1 Å². The van der Waals surface area contributed by atoms with Gasteiger partial charge in [0.2, 0.25) is 0 Å². The minimum atomic E-state index is -0.535. The number of hydrazone groups is 1. The lowest BCUT2D eigenvalue weighted by atomic mass is 10.1. The summed E-state index contributed by atoms with van der Waals surface area (Å²) in [5.41, 5.74) is 1.32. The van der Waals surface area contributed by atoms with Crippen LogP contribution in [0.25, 0.3) is 5.70 Å². The Labute approximate surface area is 208 Å². The van der Waals surface area contributed by atoms with Crippen molar-refractivity contribution in [3.63, 3.8) is 0 Å². The summed E-state index contributed by atoms with van der Waals surface area (Å²) in [4.78, 5) is 18.2. The quantitative estimate of drug-likeness (QED) is 0.484. The molecule has 2 aliphatic rings. The summed E-state index contributed by atoms with van der Waals surface area (Å²) in [5, 5.41) is 11.7. The number of para-hydroxylation sites is 1. The third-order valence-corrected chi connectivity index (χ3v) is 7.10. The summed E-state index contributed by atoms with van der Waals surface area (Å²) in [6, 6.07) is 11.6. The van der Waals surface area contributed by atoms with Crippen LogP contribution in [0.2, 0.25) is 0 Å². The predicted octanol–water partition coefficient (Wildman–Crippen LogP) is 4.68. The summed E-state index contributed by atoms with van der Waals surface area (Å²) in [5.74, 6) is 1.43. The van der Waals surface area contributed by atoms with Crippen LogP contribution >= 0.6 is 43.6 Å². The maximum absolute atomic E-state index is 13.2. The Morgan fingerprint density at radius 1 is 1.19 bits per heavy atom. The molecule has 0 radical (unpaired) electrons. The fourth-order valence-electron chi connectivity index (χ4n) is 3.68. The van der Waals surface area contributed by atoms with Crippen molar-refractivity contribution in [2.75, 3.05) is 12.4 Å². The minimum Gasteiger partial charge on any atom is -0.492 e. The first-order valence-corrected chi connectivity index (χ1v) is 13.2. The second kappa shape index (κ2) is 10.4. The number of halogens is 2. The number of rotatable bonds is 7. The number of carbonyl (C=O) groups is 1. The summed E-state index contributed by atoms with van der Waals surface area (Å²) in [7, 11) is 0. The van der Waals surface area contributed by atoms with Gasteiger partial charge in [-0.3, -0.25) is 15.1 Å². The first-order valence-electron chi connectivity index (χ1n) is 10.6. The van der Waals surface area contributed by atoms with Gasteiger partial charge in [-0.2, -0.15) is 0 Å². The number of hydrogen-bond acceptors (Lipinski definition) is 6. The van der Waals surface area contributed by atoms with Crippen molar-refractivity contribution < 1.29 is 9.53 Å². The maximum atomic E-state index is 13.2. The van der Waals surface area contributed by atoms with Crippen LogP contribution in [0.1, 0.15) is 44.8 Å². The number of carbonyl (C=O) groups excluding carboxylic acids is 1. The van der Waals surface area contributed by atoms with Crippen molar-refractivity contribution in [2.45, 2.75) is 39.3 Å². The Morgan fingerprint density at radius 2 is 2.00 bits per heavy atom. The lowest BCUT2D eigenvalue weighted by Gasteiger charge is -2.34. The lowest BCUT2D eigenvalue weighted by molar-refractivity contribution is -0.116. The largest absolute Gasteiger partial charge is 0.492 e. The normalized spacial score (nSPS) is 17.2. The van der Waals surface area contributed by atoms with Gasteiger partial charge in [0.25, 0.3) is 5.91 Å². The molecule has 0 bridgehead atoms. The van der Waals surface area contributed by atoms with Gasteiger partial charge in [0.1, 0.15) is 11.4 Å². The Morgan fingerprint density at radius 3 is 2.78 bits per heavy atom. The Bertz CT molecular complexity index is 1190. The molecule has 0 fully saturated rings. The van der Waals surface area contributed by atoms with Gasteiger partial charge in [-0.15, -0.1) is 5.10 Å². The number of hydrogen-bond donors (Lipinski definition) is 1. The smallest absolute Gasteiger partial charge is 0.276 e. The summed E-state index contributed by atoms with van der Waals surface area (Å²) >= 11 is 8.77. The van der Waals surface area contributed by atoms with Gasteiger partial charge < -0.3 is 4.74 Å². The number of thioether (sulfide) groups is 1. The lowest BCUT2D eigenvalue weighted by Crippen LogP contribution is -2.50. The number of unbranched alkanes of at least 4 members (excludes halogenated alkanes) is 2. The first-order chi connectivity index (χ1) is 15.5. The van der Waals surface area contributed by atoms with Crippen LogP contribution in [0.15, 0.2) is 55.4 Å². The highest BCUT2D eigenvalue weighted by Gasteiger charge is 2.36. The highest BCUT2D eigenvalue weighted by molar-refractivity contribution is 9.11. The van der Waals surface area contributed by atoms with Gasteiger partial charge in [-0.05, 0) is 47.5 Å². The number of nitrogens with zero attached hydrogens (tertiary/aromatic N) is 3. The number of benzene rings is 2. The van der Waals surface area contributed by atoms with Crippen LogP contribution in [0.3, 0.4) is 0 Å². The molecule has 2 aromatic carbocycles. The first kappa shape index (κ1) is 23.3. The van der Waals surface area contributed by atoms with Crippen LogP contribution in [0.4, 0.5) is 0 Å². The minimum absolute atomic E-state index is 0.169. The molecular weight excluding hydrogens is 556 g/mol. The van der Waals surface area contributed by atoms with Gasteiger partial charge in [0.05, 0.1) is 16.4 Å². The molecule has 168 valence electrons. The van der Waals surface area contributed by atoms with Crippen molar-refractivity contribution >= 4 is 60.4 Å². The molecule has 0 aromatic heterocycles. The third-order valence-electron chi connectivity index (χ3n) is 5.11. The molecule has 4 rings (SSSR count). The topological polar surface area (TPSA) is 66.3 Å². The van der Waals surface area contributed by atoms with Crippen molar-refractivity contribution in [2.24, 2.45) is 10.1 Å². The number of nitrogens with one attached hydrogen (secondary N) is 1. The standard InChI is InChI=1S/C23H24Br2N4O2S/c1-3-5-8-11-32-23-27-22(30)19-15-9-6-7-10-18(15)26-21(29(19)28-23)16-12-14(24)13-17(25)20(16)31-4-2/h6-7,9-10,12-13,21H,3-5,8,11H2,1-2H3,(H,27,28,30). The predicted molar refractivity (Wildman–Crippen MR) is 136 cm³/mol. The molecule has 9 heteroatoms. The van der Waals surface area contributed by atoms with E-state index in [1.54, 1.807) is 16.8 Å². The SMILES string of the molecule is CCCCCSC1=NN2C(=c3ccccc3=NC2c2cc(Br)cc(Br)c2OCC)C(=O)N1. The second-order valence-electron chi connectivity index (χ2n) is 7.37. The van der Waals surface area contributed by atoms with Crippen molar-refractivity contribution in [1.29, 1.82) is 0 Å². The fourth-order valence-corrected chi connectivity index (χ4v) is 5.91. The molecule has 32 heavy (non-hydrogen) atoms. The van der Waals surface area contributed by atoms with Gasteiger partial charge in [0.15, 0.2) is 11.3 Å². The molecule has 0 spiro atoms. The number of fused-ring (bicyclic) bond motifs is 2. The fraction of sp³-hybridized carbons (Fsp3) is 0.348. The van der Waals surface area contributed by atoms with E-state index >= 15 is 0 Å². The van der Waals surface area contributed by atoms with Crippen LogP contribution < -0.4 is 20.6 Å². The van der Waals surface area contributed by atoms with Gasteiger partial charge in [-0.1, -0.05) is 65.7 Å². The molecule has 6 nitrogen and oxygen atoms in total. The second-order valence-corrected chi connectivity index (χ2v) is 10.2. The zero-order chi connectivity index (χ0) is 22.7. The van der Waals surface area contributed by atoms with Gasteiger partial charge in [0, 0.05) is 21.0 Å². The van der Waals surface area contributed by atoms with Crippen molar-refractivity contribution in [3.8, 4) is 5.75 Å². The zero-order valence-electron chi connectivity index (χ0n) is 17.9. The number of amidine groups is 1. The molecule has 1 N–H and O–H groups in total. The van der Waals surface area contributed by atoms with Crippen LogP contribution in [0, 0.1) is 0 Å². The van der Waals surface area contributed by atoms with Gasteiger partial charge >= 0.3 is 0 Å². The van der Waals surface area contributed by atoms with E-state index in [0.29, 0.717) is 23.2 Å². The van der Waals surface area contributed by atoms with Crippen molar-refractivity contribution in [3.05, 3.63) is 61.5 Å². The van der Waals surface area contributed by atoms with E-state index in [-0.39, 0.29) is 5.91 Å². The van der Waals surface area contributed by atoms with E-state index in [1.807, 2.05) is 43.3 Å². The third kappa shape index (κ3) is 4.75. The van der Waals surface area contributed by atoms with Crippen LogP contribution in [-0.2, 0) is 4.79 Å². The zero-order valence-corrected chi connectivity index (χ0v) is 21.9. The number of amides is 1. The van der Waals surface area contributed by atoms with E-state index in [4.69, 9.17) is 14.8 Å². The molecular formula is C23H24Br2N4O2S. The highest BCUT2D eigenvalue weighted by atomic mass is 79.9. The average molecular weight is 580 g/mol. The Kier molecular flexibility index (Phi) is 7.58. The van der Waals surface area contributed by atoms with E-state index in [9.17, 15) is 4.79 Å². The molecule has 0 saturated carbocycles. The Hall–Kier alpha value is -1.84. The summed E-state index contributed by atoms with van der Waals surface area (Å²) in [6.45, 7) is 4.63. The van der Waals surface area contributed by atoms with E-state index < -0.39 is 6.17 Å². The average Bonchev–Trinajstić information content (AvgIpc) is 2.77.